The fourth-order valence-electron chi connectivity index (χ4n) is 3.04. The number of H-pyrrole nitrogens is 1. The lowest BCUT2D eigenvalue weighted by Crippen LogP contribution is -2.41. The molecule has 2 aromatic heterocycles. The summed E-state index contributed by atoms with van der Waals surface area (Å²) in [6, 6.07) is 5.13. The lowest BCUT2D eigenvalue weighted by Gasteiger charge is -2.27. The van der Waals surface area contributed by atoms with Crippen LogP contribution >= 0.6 is 0 Å². The Hall–Kier alpha value is -3.44. The molecule has 0 saturated carbocycles. The van der Waals surface area contributed by atoms with Crippen LogP contribution in [0.1, 0.15) is 5.82 Å². The van der Waals surface area contributed by atoms with E-state index in [9.17, 15) is 13.6 Å². The summed E-state index contributed by atoms with van der Waals surface area (Å²) in [5.74, 6) is -1.48. The molecule has 3 heterocycles. The monoisotopic (exact) mass is 430 g/mol. The summed E-state index contributed by atoms with van der Waals surface area (Å²) in [5, 5.41) is 5.41. The highest BCUT2D eigenvalue weighted by Crippen LogP contribution is 2.21. The summed E-state index contributed by atoms with van der Waals surface area (Å²) in [4.78, 5) is 27.6. The summed E-state index contributed by atoms with van der Waals surface area (Å²) in [7, 11) is 1.57. The molecule has 1 saturated heterocycles. The van der Waals surface area contributed by atoms with Gasteiger partial charge in [-0.3, -0.25) is 4.79 Å². The largest absolute Gasteiger partial charge is 0.359 e. The molecule has 1 aromatic carbocycles. The van der Waals surface area contributed by atoms with Crippen LogP contribution in [0.3, 0.4) is 0 Å². The number of aromatic amines is 1. The molecular weight excluding hydrogens is 410 g/mol. The van der Waals surface area contributed by atoms with Crippen LogP contribution in [-0.2, 0) is 20.7 Å². The van der Waals surface area contributed by atoms with E-state index in [-0.39, 0.29) is 31.0 Å². The first-order chi connectivity index (χ1) is 15.0. The molecule has 0 radical (unpaired) electrons. The number of anilines is 2. The number of nitrogens with one attached hydrogen (secondary N) is 3. The standard InChI is InChI=1S/C20H20F2N6O3/c1-23-19(29)11-9-30-18(31-10-11)7-17-25-8-16(27-17)15-4-5-24-20(28-15)26-12-2-3-13(21)14(22)6-12/h2-6,8,11,18H,7,9-10H2,1H3,(H,23,29)(H,25,27)(H,24,26,28). The number of nitrogens with zero attached hydrogens (tertiary/aromatic N) is 3. The Morgan fingerprint density at radius 1 is 1.19 bits per heavy atom. The molecule has 3 N–H and O–H groups in total. The van der Waals surface area contributed by atoms with Crippen molar-refractivity contribution in [1.82, 2.24) is 25.3 Å². The molecule has 1 fully saturated rings. The third-order valence-corrected chi connectivity index (χ3v) is 4.68. The number of imidazole rings is 1. The van der Waals surface area contributed by atoms with E-state index >= 15 is 0 Å². The van der Waals surface area contributed by atoms with Gasteiger partial charge >= 0.3 is 0 Å². The number of ether oxygens (including phenoxy) is 2. The zero-order valence-electron chi connectivity index (χ0n) is 16.6. The van der Waals surface area contributed by atoms with Gasteiger partial charge < -0.3 is 25.1 Å². The van der Waals surface area contributed by atoms with Gasteiger partial charge in [-0.25, -0.2) is 23.7 Å². The summed E-state index contributed by atoms with van der Waals surface area (Å²) < 4.78 is 37.7. The molecule has 0 bridgehead atoms. The third-order valence-electron chi connectivity index (χ3n) is 4.68. The van der Waals surface area contributed by atoms with Gasteiger partial charge in [-0.1, -0.05) is 0 Å². The van der Waals surface area contributed by atoms with E-state index < -0.39 is 17.9 Å². The van der Waals surface area contributed by atoms with Crippen molar-refractivity contribution in [2.75, 3.05) is 25.6 Å². The van der Waals surface area contributed by atoms with Gasteiger partial charge in [0.2, 0.25) is 11.9 Å². The fraction of sp³-hybridized carbons (Fsp3) is 0.300. The van der Waals surface area contributed by atoms with E-state index in [1.165, 1.54) is 12.3 Å². The van der Waals surface area contributed by atoms with Crippen molar-refractivity contribution in [1.29, 1.82) is 0 Å². The van der Waals surface area contributed by atoms with E-state index in [2.05, 4.69) is 30.6 Å². The Bertz CT molecular complexity index is 1070. The maximum Gasteiger partial charge on any atom is 0.227 e. The second-order valence-corrected chi connectivity index (χ2v) is 6.87. The Kier molecular flexibility index (Phi) is 6.14. The molecule has 9 nitrogen and oxygen atoms in total. The number of hydrogen-bond acceptors (Lipinski definition) is 7. The minimum absolute atomic E-state index is 0.115. The Morgan fingerprint density at radius 2 is 2.00 bits per heavy atom. The van der Waals surface area contributed by atoms with Crippen LogP contribution in [0.5, 0.6) is 0 Å². The van der Waals surface area contributed by atoms with Crippen molar-refractivity contribution in [3.8, 4) is 11.4 Å². The van der Waals surface area contributed by atoms with Crippen LogP contribution < -0.4 is 10.6 Å². The summed E-state index contributed by atoms with van der Waals surface area (Å²) in [6.45, 7) is 0.561. The molecule has 11 heteroatoms. The number of rotatable bonds is 6. The molecule has 162 valence electrons. The highest BCUT2D eigenvalue weighted by atomic mass is 19.2. The minimum atomic E-state index is -0.965. The van der Waals surface area contributed by atoms with Crippen LogP contribution in [0, 0.1) is 17.6 Å². The summed E-state index contributed by atoms with van der Waals surface area (Å²) in [6.07, 6.45) is 3.04. The van der Waals surface area contributed by atoms with Gasteiger partial charge in [-0.05, 0) is 18.2 Å². The first-order valence-corrected chi connectivity index (χ1v) is 9.56. The lowest BCUT2D eigenvalue weighted by molar-refractivity contribution is -0.200. The van der Waals surface area contributed by atoms with Crippen LogP contribution in [0.15, 0.2) is 36.7 Å². The van der Waals surface area contributed by atoms with Crippen molar-refractivity contribution >= 4 is 17.5 Å². The smallest absolute Gasteiger partial charge is 0.227 e. The first kappa shape index (κ1) is 20.8. The van der Waals surface area contributed by atoms with E-state index in [0.717, 1.165) is 12.1 Å². The van der Waals surface area contributed by atoms with Crippen LogP contribution in [0.2, 0.25) is 0 Å². The molecule has 0 atom stereocenters. The highest BCUT2D eigenvalue weighted by molar-refractivity contribution is 5.78. The fourth-order valence-corrected chi connectivity index (χ4v) is 3.04. The quantitative estimate of drug-likeness (QED) is 0.549. The molecule has 0 unspecified atom stereocenters. The molecule has 4 rings (SSSR count). The van der Waals surface area contributed by atoms with Gasteiger partial charge in [0, 0.05) is 25.0 Å². The Morgan fingerprint density at radius 3 is 2.74 bits per heavy atom. The molecule has 31 heavy (non-hydrogen) atoms. The summed E-state index contributed by atoms with van der Waals surface area (Å²) in [5.41, 5.74) is 1.52. The maximum absolute atomic E-state index is 13.4. The van der Waals surface area contributed by atoms with Crippen LogP contribution in [-0.4, -0.2) is 52.4 Å². The molecule has 1 amide bonds. The number of benzene rings is 1. The predicted octanol–water partition coefficient (Wildman–Crippen LogP) is 2.17. The average molecular weight is 430 g/mol. The normalized spacial score (nSPS) is 18.5. The molecule has 0 aliphatic carbocycles. The van der Waals surface area contributed by atoms with Gasteiger partial charge in [-0.2, -0.15) is 0 Å². The third kappa shape index (κ3) is 5.01. The SMILES string of the molecule is CNC(=O)C1COC(Cc2ncc(-c3ccnc(Nc4ccc(F)c(F)c4)n3)[nH]2)OC1. The first-order valence-electron chi connectivity index (χ1n) is 9.56. The van der Waals surface area contributed by atoms with Gasteiger partial charge in [0.1, 0.15) is 5.82 Å². The van der Waals surface area contributed by atoms with E-state index in [0.29, 0.717) is 29.3 Å². The van der Waals surface area contributed by atoms with Crippen LogP contribution in [0.4, 0.5) is 20.4 Å². The van der Waals surface area contributed by atoms with Crippen molar-refractivity contribution in [3.63, 3.8) is 0 Å². The number of halogens is 2. The number of carbonyl (C=O) groups excluding carboxylic acids is 1. The topological polar surface area (TPSA) is 114 Å². The van der Waals surface area contributed by atoms with Crippen molar-refractivity contribution in [3.05, 3.63) is 54.1 Å². The van der Waals surface area contributed by atoms with Crippen molar-refractivity contribution in [2.45, 2.75) is 12.7 Å². The van der Waals surface area contributed by atoms with Crippen LogP contribution in [0.25, 0.3) is 11.4 Å². The van der Waals surface area contributed by atoms with Gasteiger partial charge in [0.25, 0.3) is 0 Å². The number of aromatic nitrogens is 4. The predicted molar refractivity (Wildman–Crippen MR) is 106 cm³/mol. The molecule has 1 aliphatic rings. The second-order valence-electron chi connectivity index (χ2n) is 6.87. The second kappa shape index (κ2) is 9.14. The number of amides is 1. The lowest BCUT2D eigenvalue weighted by atomic mass is 10.1. The number of carbonyl (C=O) groups is 1. The van der Waals surface area contributed by atoms with E-state index in [4.69, 9.17) is 9.47 Å². The average Bonchev–Trinajstić information content (AvgIpc) is 3.25. The maximum atomic E-state index is 13.4. The molecule has 3 aromatic rings. The molecule has 1 aliphatic heterocycles. The van der Waals surface area contributed by atoms with E-state index in [1.807, 2.05) is 0 Å². The zero-order chi connectivity index (χ0) is 21.8. The zero-order valence-corrected chi connectivity index (χ0v) is 16.6. The molecule has 0 spiro atoms. The van der Waals surface area contributed by atoms with Gasteiger partial charge in [-0.15, -0.1) is 0 Å². The Labute approximate surface area is 176 Å². The summed E-state index contributed by atoms with van der Waals surface area (Å²) >= 11 is 0. The van der Waals surface area contributed by atoms with Gasteiger partial charge in [0.15, 0.2) is 17.9 Å². The highest BCUT2D eigenvalue weighted by Gasteiger charge is 2.27. The number of hydrogen-bond donors (Lipinski definition) is 3. The van der Waals surface area contributed by atoms with Crippen molar-refractivity contribution < 1.29 is 23.0 Å². The van der Waals surface area contributed by atoms with Crippen molar-refractivity contribution in [2.24, 2.45) is 5.92 Å². The van der Waals surface area contributed by atoms with Gasteiger partial charge in [0.05, 0.1) is 43.1 Å². The minimum Gasteiger partial charge on any atom is -0.359 e. The molecular formula is C20H20F2N6O3. The van der Waals surface area contributed by atoms with E-state index in [1.54, 1.807) is 19.3 Å². The Balaban J connectivity index is 1.39.